The Hall–Kier alpha value is -0.970. The van der Waals surface area contributed by atoms with Gasteiger partial charge in [0.15, 0.2) is 11.6 Å². The van der Waals surface area contributed by atoms with Crippen molar-refractivity contribution < 1.29 is 8.78 Å². The normalized spacial score (nSPS) is 12.5. The second kappa shape index (κ2) is 5.99. The molecule has 19 heavy (non-hydrogen) atoms. The maximum Gasteiger partial charge on any atom is 0.163 e. The van der Waals surface area contributed by atoms with Crippen molar-refractivity contribution >= 4 is 27.5 Å². The molecule has 5 heteroatoms. The van der Waals surface area contributed by atoms with E-state index in [1.165, 1.54) is 6.07 Å². The summed E-state index contributed by atoms with van der Waals surface area (Å²) in [6.45, 7) is 0. The number of hydrogen-bond donors (Lipinski definition) is 1. The molecule has 1 atom stereocenters. The molecule has 0 saturated carbocycles. The van der Waals surface area contributed by atoms with Crippen molar-refractivity contribution in [3.8, 4) is 0 Å². The van der Waals surface area contributed by atoms with E-state index in [0.717, 1.165) is 16.1 Å². The van der Waals surface area contributed by atoms with Gasteiger partial charge in [-0.2, -0.15) is 0 Å². The van der Waals surface area contributed by atoms with Crippen LogP contribution in [0.1, 0.15) is 17.2 Å². The van der Waals surface area contributed by atoms with Crippen molar-refractivity contribution in [2.45, 2.75) is 6.04 Å². The van der Waals surface area contributed by atoms with Crippen LogP contribution in [0.2, 0.25) is 5.02 Å². The molecule has 100 valence electrons. The van der Waals surface area contributed by atoms with Gasteiger partial charge in [0.1, 0.15) is 0 Å². The topological polar surface area (TPSA) is 12.0 Å². The average Bonchev–Trinajstić information content (AvgIpc) is 2.37. The maximum absolute atomic E-state index is 13.9. The third kappa shape index (κ3) is 2.96. The molecule has 0 radical (unpaired) electrons. The summed E-state index contributed by atoms with van der Waals surface area (Å²) in [5.74, 6) is -1.70. The van der Waals surface area contributed by atoms with Crippen molar-refractivity contribution in [2.75, 3.05) is 7.05 Å². The van der Waals surface area contributed by atoms with Crippen LogP contribution < -0.4 is 5.32 Å². The molecule has 1 N–H and O–H groups in total. The summed E-state index contributed by atoms with van der Waals surface area (Å²) >= 11 is 9.27. The molecule has 0 saturated heterocycles. The van der Waals surface area contributed by atoms with Gasteiger partial charge in [-0.3, -0.25) is 0 Å². The van der Waals surface area contributed by atoms with Gasteiger partial charge in [0.05, 0.1) is 6.04 Å². The minimum Gasteiger partial charge on any atom is -0.309 e. The van der Waals surface area contributed by atoms with Gasteiger partial charge < -0.3 is 5.32 Å². The summed E-state index contributed by atoms with van der Waals surface area (Å²) in [7, 11) is 1.69. The number of benzene rings is 2. The Bertz CT molecular complexity index is 604. The molecule has 0 spiro atoms. The minimum absolute atomic E-state index is 0.255. The molecule has 0 aliphatic rings. The van der Waals surface area contributed by atoms with Crippen LogP contribution in [0.25, 0.3) is 0 Å². The number of halogens is 4. The quantitative estimate of drug-likeness (QED) is 0.850. The average molecular weight is 347 g/mol. The van der Waals surface area contributed by atoms with E-state index in [4.69, 9.17) is 11.6 Å². The molecular formula is C14H11BrClF2N. The SMILES string of the molecule is CNC(c1ccc(Cl)cc1Br)c1cccc(F)c1F. The summed E-state index contributed by atoms with van der Waals surface area (Å²) in [4.78, 5) is 0. The van der Waals surface area contributed by atoms with Crippen molar-refractivity contribution in [2.24, 2.45) is 0 Å². The van der Waals surface area contributed by atoms with Crippen LogP contribution >= 0.6 is 27.5 Å². The molecule has 2 aromatic carbocycles. The zero-order chi connectivity index (χ0) is 14.0. The molecule has 0 heterocycles. The molecule has 0 aromatic heterocycles. The predicted molar refractivity (Wildman–Crippen MR) is 76.4 cm³/mol. The molecule has 0 aliphatic carbocycles. The lowest BCUT2D eigenvalue weighted by Gasteiger charge is -2.19. The molecule has 2 rings (SSSR count). The van der Waals surface area contributed by atoms with E-state index < -0.39 is 17.7 Å². The number of hydrogen-bond acceptors (Lipinski definition) is 1. The van der Waals surface area contributed by atoms with E-state index in [-0.39, 0.29) is 5.56 Å². The molecule has 1 unspecified atom stereocenters. The Kier molecular flexibility index (Phi) is 4.55. The van der Waals surface area contributed by atoms with Crippen molar-refractivity contribution in [3.63, 3.8) is 0 Å². The molecule has 0 bridgehead atoms. The fourth-order valence-electron chi connectivity index (χ4n) is 1.96. The Balaban J connectivity index is 2.53. The lowest BCUT2D eigenvalue weighted by molar-refractivity contribution is 0.487. The Morgan fingerprint density at radius 1 is 1.16 bits per heavy atom. The van der Waals surface area contributed by atoms with Crippen molar-refractivity contribution in [1.82, 2.24) is 5.32 Å². The fourth-order valence-corrected chi connectivity index (χ4v) is 2.87. The van der Waals surface area contributed by atoms with Crippen LogP contribution in [0.5, 0.6) is 0 Å². The molecule has 0 aliphatic heterocycles. The highest BCUT2D eigenvalue weighted by atomic mass is 79.9. The standard InChI is InChI=1S/C14H11BrClF2N/c1-19-14(9-6-5-8(16)7-11(9)15)10-3-2-4-12(17)13(10)18/h2-7,14,19H,1H3. The summed E-state index contributed by atoms with van der Waals surface area (Å²) in [6.07, 6.45) is 0. The lowest BCUT2D eigenvalue weighted by atomic mass is 9.98. The summed E-state index contributed by atoms with van der Waals surface area (Å²) in [5, 5.41) is 3.56. The van der Waals surface area contributed by atoms with Crippen LogP contribution in [0.3, 0.4) is 0 Å². The predicted octanol–water partition coefficient (Wildman–Crippen LogP) is 4.69. The summed E-state index contributed by atoms with van der Waals surface area (Å²) in [6, 6.07) is 8.90. The van der Waals surface area contributed by atoms with Crippen LogP contribution in [0, 0.1) is 11.6 Å². The summed E-state index contributed by atoms with van der Waals surface area (Å²) in [5.41, 5.74) is 1.04. The molecule has 2 aromatic rings. The third-order valence-corrected chi connectivity index (χ3v) is 3.78. The number of rotatable bonds is 3. The van der Waals surface area contributed by atoms with E-state index in [1.54, 1.807) is 31.3 Å². The highest BCUT2D eigenvalue weighted by molar-refractivity contribution is 9.10. The fraction of sp³-hybridized carbons (Fsp3) is 0.143. The van der Waals surface area contributed by atoms with Gasteiger partial charge >= 0.3 is 0 Å². The lowest BCUT2D eigenvalue weighted by Crippen LogP contribution is -2.20. The highest BCUT2D eigenvalue weighted by Crippen LogP contribution is 2.32. The van der Waals surface area contributed by atoms with Gasteiger partial charge in [-0.05, 0) is 30.8 Å². The zero-order valence-electron chi connectivity index (χ0n) is 10.1. The zero-order valence-corrected chi connectivity index (χ0v) is 12.4. The van der Waals surface area contributed by atoms with Gasteiger partial charge in [0.25, 0.3) is 0 Å². The van der Waals surface area contributed by atoms with E-state index in [2.05, 4.69) is 21.2 Å². The molecule has 0 fully saturated rings. The third-order valence-electron chi connectivity index (χ3n) is 2.85. The van der Waals surface area contributed by atoms with Gasteiger partial charge in [0.2, 0.25) is 0 Å². The highest BCUT2D eigenvalue weighted by Gasteiger charge is 2.20. The summed E-state index contributed by atoms with van der Waals surface area (Å²) < 4.78 is 27.9. The Morgan fingerprint density at radius 2 is 1.89 bits per heavy atom. The molecular weight excluding hydrogens is 336 g/mol. The Morgan fingerprint density at radius 3 is 2.53 bits per heavy atom. The van der Waals surface area contributed by atoms with Crippen molar-refractivity contribution in [3.05, 3.63) is 68.7 Å². The van der Waals surface area contributed by atoms with E-state index in [1.807, 2.05) is 0 Å². The van der Waals surface area contributed by atoms with Gasteiger partial charge in [0, 0.05) is 15.1 Å². The monoisotopic (exact) mass is 345 g/mol. The molecule has 1 nitrogen and oxygen atoms in total. The smallest absolute Gasteiger partial charge is 0.163 e. The van der Waals surface area contributed by atoms with Gasteiger partial charge in [-0.15, -0.1) is 0 Å². The second-order valence-corrected chi connectivity index (χ2v) is 5.32. The van der Waals surface area contributed by atoms with Crippen LogP contribution in [0.15, 0.2) is 40.9 Å². The Labute approximate surface area is 123 Å². The maximum atomic E-state index is 13.9. The van der Waals surface area contributed by atoms with Crippen LogP contribution in [0.4, 0.5) is 8.78 Å². The van der Waals surface area contributed by atoms with Crippen molar-refractivity contribution in [1.29, 1.82) is 0 Å². The first-order valence-corrected chi connectivity index (χ1v) is 6.77. The minimum atomic E-state index is -0.858. The van der Waals surface area contributed by atoms with Gasteiger partial charge in [-0.25, -0.2) is 8.78 Å². The first kappa shape index (κ1) is 14.4. The second-order valence-electron chi connectivity index (χ2n) is 4.03. The largest absolute Gasteiger partial charge is 0.309 e. The van der Waals surface area contributed by atoms with E-state index in [0.29, 0.717) is 5.02 Å². The van der Waals surface area contributed by atoms with E-state index in [9.17, 15) is 8.78 Å². The first-order chi connectivity index (χ1) is 9.04. The first-order valence-electron chi connectivity index (χ1n) is 5.60. The number of nitrogens with one attached hydrogen (secondary N) is 1. The van der Waals surface area contributed by atoms with Crippen LogP contribution in [-0.4, -0.2) is 7.05 Å². The van der Waals surface area contributed by atoms with Crippen LogP contribution in [-0.2, 0) is 0 Å². The van der Waals surface area contributed by atoms with Gasteiger partial charge in [-0.1, -0.05) is 45.7 Å². The van der Waals surface area contributed by atoms with E-state index >= 15 is 0 Å². The molecule has 0 amide bonds.